The molecule has 0 radical (unpaired) electrons. The molecule has 0 spiro atoms. The predicted octanol–water partition coefficient (Wildman–Crippen LogP) is 3.72. The third-order valence-electron chi connectivity index (χ3n) is 3.05. The Bertz CT molecular complexity index is 652. The van der Waals surface area contributed by atoms with Gasteiger partial charge in [0.15, 0.2) is 5.16 Å². The second-order valence-corrected chi connectivity index (χ2v) is 5.52. The van der Waals surface area contributed by atoms with E-state index in [1.165, 1.54) is 30.1 Å². The summed E-state index contributed by atoms with van der Waals surface area (Å²) in [6.07, 6.45) is -1.25. The molecule has 0 amide bonds. The minimum absolute atomic E-state index is 0.00501. The number of thioether (sulfide) groups is 1. The highest BCUT2D eigenvalue weighted by atomic mass is 32.2. The van der Waals surface area contributed by atoms with Gasteiger partial charge >= 0.3 is 6.18 Å². The van der Waals surface area contributed by atoms with Gasteiger partial charge in [-0.25, -0.2) is 4.98 Å². The Balaban J connectivity index is 2.38. The van der Waals surface area contributed by atoms with Crippen LogP contribution in [-0.4, -0.2) is 20.4 Å². The summed E-state index contributed by atoms with van der Waals surface area (Å²) in [5.41, 5.74) is -0.0565. The molecule has 1 N–H and O–H groups in total. The van der Waals surface area contributed by atoms with Crippen LogP contribution in [0, 0.1) is 0 Å². The van der Waals surface area contributed by atoms with Gasteiger partial charge in [0, 0.05) is 5.75 Å². The first-order valence-corrected chi connectivity index (χ1v) is 7.50. The second-order valence-electron chi connectivity index (χ2n) is 4.53. The van der Waals surface area contributed by atoms with Crippen LogP contribution in [0.5, 0.6) is 0 Å². The van der Waals surface area contributed by atoms with Crippen LogP contribution in [0.15, 0.2) is 48.3 Å². The Morgan fingerprint density at radius 2 is 2.05 bits per heavy atom. The van der Waals surface area contributed by atoms with Gasteiger partial charge in [-0.2, -0.15) is 13.2 Å². The highest BCUT2D eigenvalue weighted by Gasteiger charge is 2.33. The van der Waals surface area contributed by atoms with Gasteiger partial charge in [0.05, 0.1) is 30.6 Å². The van der Waals surface area contributed by atoms with E-state index in [-0.39, 0.29) is 18.7 Å². The van der Waals surface area contributed by atoms with Crippen molar-refractivity contribution in [3.8, 4) is 0 Å². The van der Waals surface area contributed by atoms with E-state index in [2.05, 4.69) is 11.6 Å². The minimum atomic E-state index is -4.41. The quantitative estimate of drug-likeness (QED) is 0.649. The second kappa shape index (κ2) is 7.02. The average Bonchev–Trinajstić information content (AvgIpc) is 2.86. The van der Waals surface area contributed by atoms with Crippen LogP contribution in [0.1, 0.15) is 16.8 Å². The van der Waals surface area contributed by atoms with Gasteiger partial charge in [0.2, 0.25) is 0 Å². The molecule has 0 aliphatic heterocycles. The van der Waals surface area contributed by atoms with E-state index in [0.29, 0.717) is 16.6 Å². The lowest BCUT2D eigenvalue weighted by Crippen LogP contribution is -2.13. The van der Waals surface area contributed by atoms with Crippen molar-refractivity contribution in [2.75, 3.05) is 5.75 Å². The maximum atomic E-state index is 13.1. The zero-order chi connectivity index (χ0) is 16.2. The van der Waals surface area contributed by atoms with E-state index >= 15 is 0 Å². The third-order valence-corrected chi connectivity index (χ3v) is 4.03. The molecule has 3 nitrogen and oxygen atoms in total. The first-order chi connectivity index (χ1) is 10.5. The van der Waals surface area contributed by atoms with E-state index in [9.17, 15) is 18.3 Å². The molecule has 118 valence electrons. The largest absolute Gasteiger partial charge is 0.416 e. The molecule has 1 aromatic carbocycles. The molecule has 22 heavy (non-hydrogen) atoms. The molecular weight excluding hydrogens is 313 g/mol. The third kappa shape index (κ3) is 3.72. The van der Waals surface area contributed by atoms with Crippen molar-refractivity contribution < 1.29 is 18.3 Å². The summed E-state index contributed by atoms with van der Waals surface area (Å²) in [5.74, 6) is 0.586. The van der Waals surface area contributed by atoms with E-state index < -0.39 is 11.7 Å². The topological polar surface area (TPSA) is 38.1 Å². The lowest BCUT2D eigenvalue weighted by molar-refractivity contribution is -0.138. The van der Waals surface area contributed by atoms with E-state index in [1.54, 1.807) is 16.7 Å². The number of aromatic nitrogens is 2. The zero-order valence-electron chi connectivity index (χ0n) is 11.7. The number of benzene rings is 1. The molecular formula is C15H15F3N2OS. The van der Waals surface area contributed by atoms with Crippen LogP contribution in [-0.2, 0) is 19.3 Å². The summed E-state index contributed by atoms with van der Waals surface area (Å²) in [4.78, 5) is 4.15. The molecule has 0 saturated heterocycles. The van der Waals surface area contributed by atoms with Crippen molar-refractivity contribution in [1.82, 2.24) is 9.55 Å². The number of hydrogen-bond donors (Lipinski definition) is 1. The Labute approximate surface area is 130 Å². The van der Waals surface area contributed by atoms with Gasteiger partial charge in [-0.3, -0.25) is 0 Å². The van der Waals surface area contributed by atoms with Crippen molar-refractivity contribution in [3.63, 3.8) is 0 Å². The highest BCUT2D eigenvalue weighted by molar-refractivity contribution is 7.99. The van der Waals surface area contributed by atoms with Gasteiger partial charge in [-0.1, -0.05) is 36.0 Å². The molecule has 1 heterocycles. The van der Waals surface area contributed by atoms with Crippen LogP contribution in [0.4, 0.5) is 13.2 Å². The van der Waals surface area contributed by atoms with E-state index in [1.807, 2.05) is 0 Å². The molecule has 1 aromatic heterocycles. The van der Waals surface area contributed by atoms with Crippen LogP contribution in [0.25, 0.3) is 0 Å². The van der Waals surface area contributed by atoms with Crippen LogP contribution in [0.3, 0.4) is 0 Å². The summed E-state index contributed by atoms with van der Waals surface area (Å²) in [5, 5.41) is 9.91. The van der Waals surface area contributed by atoms with Gasteiger partial charge in [0.25, 0.3) is 0 Å². The van der Waals surface area contributed by atoms with Crippen molar-refractivity contribution in [2.45, 2.75) is 24.5 Å². The number of nitrogens with zero attached hydrogens (tertiary/aromatic N) is 2. The van der Waals surface area contributed by atoms with Gasteiger partial charge in [-0.15, -0.1) is 6.58 Å². The van der Waals surface area contributed by atoms with Crippen LogP contribution in [0.2, 0.25) is 0 Å². The smallest absolute Gasteiger partial charge is 0.390 e. The standard InChI is InChI=1S/C15H15F3N2OS/c1-2-7-22-14-19-8-12(10-21)20(14)9-11-5-3-4-6-13(11)15(16,17)18/h2-6,8,21H,1,7,9-10H2. The maximum absolute atomic E-state index is 13.1. The van der Waals surface area contributed by atoms with Crippen LogP contribution < -0.4 is 0 Å². The lowest BCUT2D eigenvalue weighted by Gasteiger charge is -2.15. The number of rotatable bonds is 6. The number of aliphatic hydroxyl groups is 1. The first kappa shape index (κ1) is 16.6. The molecule has 0 fully saturated rings. The Morgan fingerprint density at radius 1 is 1.32 bits per heavy atom. The lowest BCUT2D eigenvalue weighted by atomic mass is 10.1. The molecule has 0 atom stereocenters. The zero-order valence-corrected chi connectivity index (χ0v) is 12.5. The molecule has 2 rings (SSSR count). The molecule has 7 heteroatoms. The number of imidazole rings is 1. The summed E-state index contributed by atoms with van der Waals surface area (Å²) >= 11 is 1.36. The molecule has 0 saturated carbocycles. The molecule has 0 aliphatic carbocycles. The van der Waals surface area contributed by atoms with Gasteiger partial charge < -0.3 is 9.67 Å². The average molecular weight is 328 g/mol. The van der Waals surface area contributed by atoms with E-state index in [4.69, 9.17) is 0 Å². The molecule has 0 bridgehead atoms. The highest BCUT2D eigenvalue weighted by Crippen LogP contribution is 2.33. The normalized spacial score (nSPS) is 11.6. The molecule has 0 aliphatic rings. The number of aliphatic hydroxyl groups excluding tert-OH is 1. The number of hydrogen-bond acceptors (Lipinski definition) is 3. The molecule has 0 unspecified atom stereocenters. The monoisotopic (exact) mass is 328 g/mol. The number of halogens is 3. The van der Waals surface area contributed by atoms with Gasteiger partial charge in [-0.05, 0) is 11.6 Å². The van der Waals surface area contributed by atoms with Crippen LogP contribution >= 0.6 is 11.8 Å². The first-order valence-electron chi connectivity index (χ1n) is 6.51. The van der Waals surface area contributed by atoms with Crippen molar-refractivity contribution in [3.05, 3.63) is 59.9 Å². The fourth-order valence-corrected chi connectivity index (χ4v) is 2.77. The Morgan fingerprint density at radius 3 is 2.68 bits per heavy atom. The van der Waals surface area contributed by atoms with Crippen molar-refractivity contribution in [1.29, 1.82) is 0 Å². The summed E-state index contributed by atoms with van der Waals surface area (Å²) in [7, 11) is 0. The fourth-order valence-electron chi connectivity index (χ4n) is 2.04. The summed E-state index contributed by atoms with van der Waals surface area (Å²) in [6.45, 7) is 3.33. The predicted molar refractivity (Wildman–Crippen MR) is 79.6 cm³/mol. The van der Waals surface area contributed by atoms with Gasteiger partial charge in [0.1, 0.15) is 0 Å². The van der Waals surface area contributed by atoms with Crippen molar-refractivity contribution >= 4 is 11.8 Å². The minimum Gasteiger partial charge on any atom is -0.390 e. The summed E-state index contributed by atoms with van der Waals surface area (Å²) in [6, 6.07) is 5.42. The maximum Gasteiger partial charge on any atom is 0.416 e. The Kier molecular flexibility index (Phi) is 5.31. The fraction of sp³-hybridized carbons (Fsp3) is 0.267. The Hall–Kier alpha value is -1.73. The SMILES string of the molecule is C=CCSc1ncc(CO)n1Cc1ccccc1C(F)(F)F. The van der Waals surface area contributed by atoms with Crippen molar-refractivity contribution in [2.24, 2.45) is 0 Å². The number of alkyl halides is 3. The summed E-state index contributed by atoms with van der Waals surface area (Å²) < 4.78 is 40.8. The molecule has 2 aromatic rings. The van der Waals surface area contributed by atoms with E-state index in [0.717, 1.165) is 6.07 Å².